The van der Waals surface area contributed by atoms with E-state index in [0.29, 0.717) is 6.42 Å². The van der Waals surface area contributed by atoms with Crippen molar-refractivity contribution in [2.75, 3.05) is 19.0 Å². The van der Waals surface area contributed by atoms with E-state index in [4.69, 9.17) is 14.8 Å². The van der Waals surface area contributed by atoms with Crippen LogP contribution in [0.25, 0.3) is 0 Å². The van der Waals surface area contributed by atoms with Crippen LogP contribution < -0.4 is 0 Å². The van der Waals surface area contributed by atoms with Gasteiger partial charge in [0.15, 0.2) is 0 Å². The molecule has 0 atom stereocenters. The normalized spacial score (nSPS) is 13.1. The Morgan fingerprint density at radius 3 is 2.00 bits per heavy atom. The Labute approximate surface area is 90.9 Å². The third kappa shape index (κ3) is 6.09. The minimum absolute atomic E-state index is 0.396. The Bertz CT molecular complexity index is 256. The quantitative estimate of drug-likeness (QED) is 0.422. The van der Waals surface area contributed by atoms with Crippen LogP contribution in [0.1, 0.15) is 32.6 Å². The Morgan fingerprint density at radius 2 is 1.67 bits per heavy atom. The second kappa shape index (κ2) is 6.42. The highest BCUT2D eigenvalue weighted by Gasteiger charge is 2.33. The maximum Gasteiger partial charge on any atom is 0.265 e. The maximum absolute atomic E-state index is 10.7. The molecule has 0 rings (SSSR count). The van der Waals surface area contributed by atoms with E-state index in [1.54, 1.807) is 0 Å². The lowest BCUT2D eigenvalue weighted by molar-refractivity contribution is 0.0618. The molecule has 0 unspecified atom stereocenters. The smallest absolute Gasteiger partial charge is 0.265 e. The molecule has 0 heterocycles. The molecular formula is C9H20O5S. The van der Waals surface area contributed by atoms with E-state index >= 15 is 0 Å². The van der Waals surface area contributed by atoms with Crippen molar-refractivity contribution in [3.63, 3.8) is 0 Å². The molecule has 0 saturated carbocycles. The van der Waals surface area contributed by atoms with Crippen LogP contribution >= 0.6 is 0 Å². The van der Waals surface area contributed by atoms with E-state index in [1.165, 1.54) is 0 Å². The van der Waals surface area contributed by atoms with Crippen LogP contribution in [0.3, 0.4) is 0 Å². The minimum atomic E-state index is -4.16. The largest absolute Gasteiger partial charge is 0.396 e. The minimum Gasteiger partial charge on any atom is -0.396 e. The van der Waals surface area contributed by atoms with Gasteiger partial charge in [0.25, 0.3) is 10.1 Å². The van der Waals surface area contributed by atoms with Gasteiger partial charge >= 0.3 is 0 Å². The first-order valence-corrected chi connectivity index (χ1v) is 6.67. The van der Waals surface area contributed by atoms with E-state index in [9.17, 15) is 8.42 Å². The lowest BCUT2D eigenvalue weighted by Crippen LogP contribution is -2.37. The van der Waals surface area contributed by atoms with E-state index in [0.717, 1.165) is 19.3 Å². The molecule has 0 fully saturated rings. The third-order valence-electron chi connectivity index (χ3n) is 2.47. The van der Waals surface area contributed by atoms with Gasteiger partial charge in [-0.15, -0.1) is 0 Å². The summed E-state index contributed by atoms with van der Waals surface area (Å²) in [5, 5.41) is 18.2. The summed E-state index contributed by atoms with van der Waals surface area (Å²) in [6, 6.07) is 0. The lowest BCUT2D eigenvalue weighted by Gasteiger charge is -2.28. The number of aliphatic hydroxyl groups excluding tert-OH is 2. The number of hydrogen-bond donors (Lipinski definition) is 3. The summed E-state index contributed by atoms with van der Waals surface area (Å²) in [6.45, 7) is 1.13. The van der Waals surface area contributed by atoms with Crippen LogP contribution in [0, 0.1) is 5.41 Å². The van der Waals surface area contributed by atoms with E-state index in [-0.39, 0.29) is 0 Å². The van der Waals surface area contributed by atoms with Gasteiger partial charge in [0.05, 0.1) is 19.0 Å². The molecule has 0 aromatic carbocycles. The highest BCUT2D eigenvalue weighted by molar-refractivity contribution is 7.85. The average molecular weight is 240 g/mol. The van der Waals surface area contributed by atoms with Gasteiger partial charge in [0, 0.05) is 5.41 Å². The van der Waals surface area contributed by atoms with Crippen molar-refractivity contribution in [1.29, 1.82) is 0 Å². The summed E-state index contributed by atoms with van der Waals surface area (Å²) in [4.78, 5) is 0. The average Bonchev–Trinajstić information content (AvgIpc) is 2.15. The number of hydrogen-bond acceptors (Lipinski definition) is 4. The molecule has 0 bridgehead atoms. The van der Waals surface area contributed by atoms with Crippen molar-refractivity contribution in [3.8, 4) is 0 Å². The predicted octanol–water partition coefficient (Wildman–Crippen LogP) is 0.426. The molecule has 3 N–H and O–H groups in total. The summed E-state index contributed by atoms with van der Waals surface area (Å²) in [5.74, 6) is -0.587. The first kappa shape index (κ1) is 14.8. The topological polar surface area (TPSA) is 94.8 Å². The summed E-state index contributed by atoms with van der Waals surface area (Å²) < 4.78 is 30.2. The molecule has 0 aliphatic rings. The van der Waals surface area contributed by atoms with Crippen molar-refractivity contribution >= 4 is 10.1 Å². The summed E-state index contributed by atoms with van der Waals surface area (Å²) in [7, 11) is -4.16. The third-order valence-corrected chi connectivity index (χ3v) is 3.45. The zero-order chi connectivity index (χ0) is 11.9. The van der Waals surface area contributed by atoms with Crippen LogP contribution in [-0.4, -0.2) is 42.2 Å². The van der Waals surface area contributed by atoms with Crippen molar-refractivity contribution in [2.24, 2.45) is 5.41 Å². The Kier molecular flexibility index (Phi) is 6.35. The first-order valence-electron chi connectivity index (χ1n) is 5.06. The molecule has 0 aromatic rings. The van der Waals surface area contributed by atoms with Gasteiger partial charge in [-0.2, -0.15) is 8.42 Å². The summed E-state index contributed by atoms with van der Waals surface area (Å²) >= 11 is 0. The van der Waals surface area contributed by atoms with Gasteiger partial charge < -0.3 is 10.2 Å². The van der Waals surface area contributed by atoms with E-state index in [1.807, 2.05) is 6.92 Å². The van der Waals surface area contributed by atoms with Gasteiger partial charge in [-0.25, -0.2) is 0 Å². The fourth-order valence-electron chi connectivity index (χ4n) is 1.51. The van der Waals surface area contributed by atoms with Gasteiger partial charge in [0.2, 0.25) is 0 Å². The SMILES string of the molecule is CCCCCC(CO)(CO)CS(=O)(=O)O. The lowest BCUT2D eigenvalue weighted by atomic mass is 9.86. The Morgan fingerprint density at radius 1 is 1.13 bits per heavy atom. The molecule has 5 nitrogen and oxygen atoms in total. The van der Waals surface area contributed by atoms with Gasteiger partial charge in [0.1, 0.15) is 0 Å². The van der Waals surface area contributed by atoms with Crippen molar-refractivity contribution < 1.29 is 23.2 Å². The summed E-state index contributed by atoms with van der Waals surface area (Å²) in [5.41, 5.74) is -1.11. The molecule has 0 aliphatic heterocycles. The Hall–Kier alpha value is -0.170. The highest BCUT2D eigenvalue weighted by atomic mass is 32.2. The Balaban J connectivity index is 4.44. The number of aliphatic hydroxyl groups is 2. The monoisotopic (exact) mass is 240 g/mol. The zero-order valence-corrected chi connectivity index (χ0v) is 9.83. The van der Waals surface area contributed by atoms with Crippen LogP contribution in [0.4, 0.5) is 0 Å². The second-order valence-electron chi connectivity index (χ2n) is 4.00. The van der Waals surface area contributed by atoms with E-state index in [2.05, 4.69) is 0 Å². The molecule has 92 valence electrons. The molecule has 0 radical (unpaired) electrons. The molecule has 0 spiro atoms. The molecule has 0 saturated heterocycles. The number of unbranched alkanes of at least 4 members (excludes halogenated alkanes) is 2. The van der Waals surface area contributed by atoms with Crippen LogP contribution in [0.15, 0.2) is 0 Å². The van der Waals surface area contributed by atoms with Crippen LogP contribution in [0.5, 0.6) is 0 Å². The molecule has 0 aliphatic carbocycles. The molecule has 0 amide bonds. The van der Waals surface area contributed by atoms with Gasteiger partial charge in [-0.3, -0.25) is 4.55 Å². The van der Waals surface area contributed by atoms with Gasteiger partial charge in [-0.1, -0.05) is 26.2 Å². The standard InChI is InChI=1S/C9H20O5S/c1-2-3-4-5-9(6-10,7-11)8-15(12,13)14/h10-11H,2-8H2,1H3,(H,12,13,14). The molecule has 6 heteroatoms. The fourth-order valence-corrected chi connectivity index (χ4v) is 2.61. The van der Waals surface area contributed by atoms with Crippen LogP contribution in [-0.2, 0) is 10.1 Å². The fraction of sp³-hybridized carbons (Fsp3) is 1.00. The van der Waals surface area contributed by atoms with Crippen molar-refractivity contribution in [1.82, 2.24) is 0 Å². The molecular weight excluding hydrogens is 220 g/mol. The predicted molar refractivity (Wildman–Crippen MR) is 57.2 cm³/mol. The maximum atomic E-state index is 10.7. The highest BCUT2D eigenvalue weighted by Crippen LogP contribution is 2.26. The summed E-state index contributed by atoms with van der Waals surface area (Å²) in [6.07, 6.45) is 3.01. The molecule has 0 aromatic heterocycles. The van der Waals surface area contributed by atoms with Gasteiger partial charge in [-0.05, 0) is 6.42 Å². The van der Waals surface area contributed by atoms with Crippen molar-refractivity contribution in [2.45, 2.75) is 32.6 Å². The molecule has 15 heavy (non-hydrogen) atoms. The van der Waals surface area contributed by atoms with Crippen LogP contribution in [0.2, 0.25) is 0 Å². The number of rotatable bonds is 8. The second-order valence-corrected chi connectivity index (χ2v) is 5.45. The first-order chi connectivity index (χ1) is 6.89. The van der Waals surface area contributed by atoms with Crippen molar-refractivity contribution in [3.05, 3.63) is 0 Å². The van der Waals surface area contributed by atoms with E-state index < -0.39 is 34.5 Å². The zero-order valence-electron chi connectivity index (χ0n) is 9.02.